The van der Waals surface area contributed by atoms with Crippen LogP contribution in [0.1, 0.15) is 25.1 Å². The van der Waals surface area contributed by atoms with E-state index in [1.54, 1.807) is 6.20 Å². The molecule has 2 aromatic rings. The lowest BCUT2D eigenvalue weighted by molar-refractivity contribution is 0.314. The van der Waals surface area contributed by atoms with Gasteiger partial charge >= 0.3 is 0 Å². The number of rotatable bonds is 7. The van der Waals surface area contributed by atoms with Gasteiger partial charge in [-0.3, -0.25) is 4.68 Å². The fraction of sp³-hybridized carbons (Fsp3) is 0.438. The average molecular weight is 308 g/mol. The lowest BCUT2D eigenvalue weighted by Crippen LogP contribution is -2.22. The van der Waals surface area contributed by atoms with Crippen molar-refractivity contribution in [3.63, 3.8) is 0 Å². The maximum Gasteiger partial charge on any atom is 0.142 e. The van der Waals surface area contributed by atoms with Gasteiger partial charge in [0.2, 0.25) is 0 Å². The molecule has 0 spiro atoms. The number of nitrogens with zero attached hydrogens (tertiary/aromatic N) is 2. The fourth-order valence-electron chi connectivity index (χ4n) is 2.07. The van der Waals surface area contributed by atoms with E-state index in [9.17, 15) is 0 Å². The van der Waals surface area contributed by atoms with Crippen LogP contribution in [-0.2, 0) is 20.0 Å². The maximum atomic E-state index is 6.27. The minimum Gasteiger partial charge on any atom is -0.491 e. The zero-order chi connectivity index (χ0) is 15.2. The molecule has 0 aliphatic rings. The molecule has 1 N–H and O–H groups in total. The normalized spacial score (nSPS) is 11.1. The van der Waals surface area contributed by atoms with Crippen molar-refractivity contribution in [3.05, 3.63) is 46.7 Å². The summed E-state index contributed by atoms with van der Waals surface area (Å²) < 4.78 is 7.77. The van der Waals surface area contributed by atoms with Gasteiger partial charge in [-0.15, -0.1) is 0 Å². The van der Waals surface area contributed by atoms with Crippen LogP contribution in [0.5, 0.6) is 5.75 Å². The molecule has 1 aromatic heterocycles. The highest BCUT2D eigenvalue weighted by Gasteiger charge is 2.09. The highest BCUT2D eigenvalue weighted by Crippen LogP contribution is 2.28. The van der Waals surface area contributed by atoms with Crippen LogP contribution in [0.25, 0.3) is 0 Å². The zero-order valence-electron chi connectivity index (χ0n) is 12.8. The number of para-hydroxylation sites is 1. The topological polar surface area (TPSA) is 39.1 Å². The van der Waals surface area contributed by atoms with Crippen LogP contribution in [0.4, 0.5) is 0 Å². The van der Waals surface area contributed by atoms with Gasteiger partial charge in [0.1, 0.15) is 5.75 Å². The van der Waals surface area contributed by atoms with Crippen LogP contribution < -0.4 is 10.1 Å². The van der Waals surface area contributed by atoms with Gasteiger partial charge < -0.3 is 10.1 Å². The second kappa shape index (κ2) is 7.48. The van der Waals surface area contributed by atoms with Gasteiger partial charge in [-0.05, 0) is 12.1 Å². The SMILES string of the molecule is CC(C)NCc1cccc(Cl)c1OCCc1ccnn1C. The Bertz CT molecular complexity index is 581. The molecule has 114 valence electrons. The summed E-state index contributed by atoms with van der Waals surface area (Å²) in [5.74, 6) is 0.773. The summed E-state index contributed by atoms with van der Waals surface area (Å²) in [6.07, 6.45) is 2.60. The Labute approximate surface area is 131 Å². The quantitative estimate of drug-likeness (QED) is 0.854. The zero-order valence-corrected chi connectivity index (χ0v) is 13.5. The van der Waals surface area contributed by atoms with Crippen molar-refractivity contribution >= 4 is 11.6 Å². The second-order valence-corrected chi connectivity index (χ2v) is 5.72. The van der Waals surface area contributed by atoms with Gasteiger partial charge in [0, 0.05) is 43.5 Å². The predicted molar refractivity (Wildman–Crippen MR) is 85.8 cm³/mol. The molecular weight excluding hydrogens is 286 g/mol. The largest absolute Gasteiger partial charge is 0.491 e. The van der Waals surface area contributed by atoms with Gasteiger partial charge in [-0.1, -0.05) is 37.6 Å². The third-order valence-corrected chi connectivity index (χ3v) is 3.57. The van der Waals surface area contributed by atoms with Crippen molar-refractivity contribution < 1.29 is 4.74 Å². The van der Waals surface area contributed by atoms with Crippen molar-refractivity contribution in [1.82, 2.24) is 15.1 Å². The molecule has 0 aliphatic heterocycles. The first-order chi connectivity index (χ1) is 10.1. The van der Waals surface area contributed by atoms with Crippen LogP contribution >= 0.6 is 11.6 Å². The van der Waals surface area contributed by atoms with E-state index >= 15 is 0 Å². The second-order valence-electron chi connectivity index (χ2n) is 5.31. The average Bonchev–Trinajstić information content (AvgIpc) is 2.84. The van der Waals surface area contributed by atoms with Crippen molar-refractivity contribution in [2.24, 2.45) is 7.05 Å². The summed E-state index contributed by atoms with van der Waals surface area (Å²) in [6.45, 7) is 5.57. The molecule has 0 amide bonds. The Balaban J connectivity index is 1.99. The Hall–Kier alpha value is -1.52. The molecule has 0 atom stereocenters. The van der Waals surface area contributed by atoms with Gasteiger partial charge in [0.05, 0.1) is 11.6 Å². The number of halogens is 1. The lowest BCUT2D eigenvalue weighted by Gasteiger charge is -2.15. The molecule has 5 heteroatoms. The fourth-order valence-corrected chi connectivity index (χ4v) is 2.32. The molecule has 1 heterocycles. The molecule has 0 aliphatic carbocycles. The van der Waals surface area contributed by atoms with E-state index in [2.05, 4.69) is 24.3 Å². The van der Waals surface area contributed by atoms with E-state index in [0.717, 1.165) is 30.0 Å². The number of ether oxygens (including phenoxy) is 1. The first-order valence-corrected chi connectivity index (χ1v) is 7.56. The van der Waals surface area contributed by atoms with Crippen LogP contribution in [0, 0.1) is 0 Å². The summed E-state index contributed by atoms with van der Waals surface area (Å²) in [4.78, 5) is 0. The minimum atomic E-state index is 0.422. The number of aryl methyl sites for hydroxylation is 1. The third-order valence-electron chi connectivity index (χ3n) is 3.28. The monoisotopic (exact) mass is 307 g/mol. The number of benzene rings is 1. The molecule has 0 unspecified atom stereocenters. The van der Waals surface area contributed by atoms with E-state index in [-0.39, 0.29) is 0 Å². The smallest absolute Gasteiger partial charge is 0.142 e. The van der Waals surface area contributed by atoms with E-state index in [1.165, 1.54) is 0 Å². The Morgan fingerprint density at radius 2 is 2.14 bits per heavy atom. The number of aromatic nitrogens is 2. The predicted octanol–water partition coefficient (Wildman–Crippen LogP) is 3.19. The standard InChI is InChI=1S/C16H22ClN3O/c1-12(2)18-11-13-5-4-6-15(17)16(13)21-10-8-14-7-9-19-20(14)3/h4-7,9,12,18H,8,10-11H2,1-3H3. The third kappa shape index (κ3) is 4.48. The molecule has 0 fully saturated rings. The Morgan fingerprint density at radius 3 is 2.81 bits per heavy atom. The highest BCUT2D eigenvalue weighted by molar-refractivity contribution is 6.32. The lowest BCUT2D eigenvalue weighted by atomic mass is 10.2. The molecule has 0 saturated carbocycles. The molecule has 0 saturated heterocycles. The minimum absolute atomic E-state index is 0.422. The molecule has 2 rings (SSSR count). The molecule has 0 bridgehead atoms. The van der Waals surface area contributed by atoms with Crippen LogP contribution in [0.15, 0.2) is 30.5 Å². The molecule has 1 aromatic carbocycles. The van der Waals surface area contributed by atoms with Crippen LogP contribution in [0.3, 0.4) is 0 Å². The Morgan fingerprint density at radius 1 is 1.33 bits per heavy atom. The van der Waals surface area contributed by atoms with Crippen molar-refractivity contribution in [3.8, 4) is 5.75 Å². The molecule has 0 radical (unpaired) electrons. The van der Waals surface area contributed by atoms with Gasteiger partial charge in [0.25, 0.3) is 0 Å². The van der Waals surface area contributed by atoms with Crippen LogP contribution in [0.2, 0.25) is 5.02 Å². The molecule has 21 heavy (non-hydrogen) atoms. The summed E-state index contributed by atoms with van der Waals surface area (Å²) in [5.41, 5.74) is 2.23. The number of hydrogen-bond acceptors (Lipinski definition) is 3. The summed E-state index contributed by atoms with van der Waals surface area (Å²) in [6, 6.07) is 8.27. The molecule has 4 nitrogen and oxygen atoms in total. The van der Waals surface area contributed by atoms with Crippen molar-refractivity contribution in [2.75, 3.05) is 6.61 Å². The number of hydrogen-bond donors (Lipinski definition) is 1. The highest BCUT2D eigenvalue weighted by atomic mass is 35.5. The van der Waals surface area contributed by atoms with E-state index in [4.69, 9.17) is 16.3 Å². The van der Waals surface area contributed by atoms with E-state index < -0.39 is 0 Å². The van der Waals surface area contributed by atoms with Gasteiger partial charge in [-0.2, -0.15) is 5.10 Å². The first kappa shape index (κ1) is 15.9. The summed E-state index contributed by atoms with van der Waals surface area (Å²) in [5, 5.41) is 8.20. The van der Waals surface area contributed by atoms with E-state index in [1.807, 2.05) is 36.0 Å². The molecular formula is C16H22ClN3O. The number of nitrogens with one attached hydrogen (secondary N) is 1. The summed E-state index contributed by atoms with van der Waals surface area (Å²) >= 11 is 6.27. The van der Waals surface area contributed by atoms with E-state index in [0.29, 0.717) is 17.7 Å². The van der Waals surface area contributed by atoms with Crippen LogP contribution in [-0.4, -0.2) is 22.4 Å². The maximum absolute atomic E-state index is 6.27. The first-order valence-electron chi connectivity index (χ1n) is 7.18. The van der Waals surface area contributed by atoms with Gasteiger partial charge in [-0.25, -0.2) is 0 Å². The van der Waals surface area contributed by atoms with Crippen molar-refractivity contribution in [1.29, 1.82) is 0 Å². The van der Waals surface area contributed by atoms with Gasteiger partial charge in [0.15, 0.2) is 0 Å². The Kier molecular flexibility index (Phi) is 5.65. The summed E-state index contributed by atoms with van der Waals surface area (Å²) in [7, 11) is 1.93. The van der Waals surface area contributed by atoms with Crippen molar-refractivity contribution in [2.45, 2.75) is 32.9 Å².